The van der Waals surface area contributed by atoms with Gasteiger partial charge in [0.15, 0.2) is 0 Å². The number of phenols is 1. The molecule has 0 fully saturated rings. The number of carbonyl (C=O) groups is 1. The summed E-state index contributed by atoms with van der Waals surface area (Å²) in [5.41, 5.74) is 1.65. The van der Waals surface area contributed by atoms with Crippen molar-refractivity contribution in [2.45, 2.75) is 12.5 Å². The van der Waals surface area contributed by atoms with E-state index < -0.39 is 12.0 Å². The Kier molecular flexibility index (Phi) is 1.62. The van der Waals surface area contributed by atoms with E-state index in [1.165, 1.54) is 6.07 Å². The quantitative estimate of drug-likeness (QED) is 0.596. The lowest BCUT2D eigenvalue weighted by atomic mass is 10.1. The van der Waals surface area contributed by atoms with Crippen LogP contribution in [0.2, 0.25) is 0 Å². The number of phenolic OH excluding ortho intramolecular Hbond substituents is 1. The van der Waals surface area contributed by atoms with Crippen molar-refractivity contribution >= 4 is 11.7 Å². The second-order valence-corrected chi connectivity index (χ2v) is 3.08. The molecule has 0 spiro atoms. The van der Waals surface area contributed by atoms with Gasteiger partial charge in [-0.1, -0.05) is 6.07 Å². The van der Waals surface area contributed by atoms with E-state index in [0.717, 1.165) is 5.56 Å². The van der Waals surface area contributed by atoms with Gasteiger partial charge in [-0.05, 0) is 11.6 Å². The number of aliphatic carboxylic acids is 1. The largest absolute Gasteiger partial charge is 0.508 e. The van der Waals surface area contributed by atoms with Gasteiger partial charge in [-0.25, -0.2) is 4.79 Å². The Balaban J connectivity index is 2.30. The third-order valence-corrected chi connectivity index (χ3v) is 2.15. The summed E-state index contributed by atoms with van der Waals surface area (Å²) >= 11 is 0. The van der Waals surface area contributed by atoms with Crippen LogP contribution in [-0.2, 0) is 11.2 Å². The van der Waals surface area contributed by atoms with Crippen LogP contribution in [0.25, 0.3) is 0 Å². The van der Waals surface area contributed by atoms with E-state index in [4.69, 9.17) is 10.2 Å². The lowest BCUT2D eigenvalue weighted by Gasteiger charge is -2.03. The van der Waals surface area contributed by atoms with Gasteiger partial charge in [-0.3, -0.25) is 0 Å². The molecule has 1 aliphatic heterocycles. The van der Waals surface area contributed by atoms with Crippen molar-refractivity contribution in [3.05, 3.63) is 23.8 Å². The van der Waals surface area contributed by atoms with Crippen molar-refractivity contribution in [2.24, 2.45) is 0 Å². The van der Waals surface area contributed by atoms with E-state index in [2.05, 4.69) is 5.32 Å². The zero-order valence-electron chi connectivity index (χ0n) is 6.82. The fourth-order valence-corrected chi connectivity index (χ4v) is 1.48. The van der Waals surface area contributed by atoms with Crippen LogP contribution < -0.4 is 5.32 Å². The lowest BCUT2D eigenvalue weighted by molar-refractivity contribution is -0.137. The third-order valence-electron chi connectivity index (χ3n) is 2.15. The lowest BCUT2D eigenvalue weighted by Crippen LogP contribution is -2.26. The maximum atomic E-state index is 10.6. The summed E-state index contributed by atoms with van der Waals surface area (Å²) in [5, 5.41) is 20.7. The van der Waals surface area contributed by atoms with Gasteiger partial charge in [0, 0.05) is 18.2 Å². The molecule has 1 unspecified atom stereocenters. The molecule has 0 saturated carbocycles. The van der Waals surface area contributed by atoms with E-state index in [-0.39, 0.29) is 5.75 Å². The molecular weight excluding hydrogens is 170 g/mol. The molecule has 1 aromatic rings. The Bertz CT molecular complexity index is 362. The third kappa shape index (κ3) is 1.30. The van der Waals surface area contributed by atoms with Crippen LogP contribution in [0.4, 0.5) is 5.69 Å². The number of fused-ring (bicyclic) bond motifs is 1. The molecule has 3 N–H and O–H groups in total. The molecule has 68 valence electrons. The molecule has 1 heterocycles. The SMILES string of the molecule is O=C(O)C1Cc2ccc(O)cc2N1. The minimum absolute atomic E-state index is 0.150. The Labute approximate surface area is 74.8 Å². The van der Waals surface area contributed by atoms with E-state index >= 15 is 0 Å². The zero-order chi connectivity index (χ0) is 9.42. The van der Waals surface area contributed by atoms with Crippen LogP contribution in [0.15, 0.2) is 18.2 Å². The first-order valence-electron chi connectivity index (χ1n) is 3.98. The smallest absolute Gasteiger partial charge is 0.326 e. The minimum Gasteiger partial charge on any atom is -0.508 e. The predicted octanol–water partition coefficient (Wildman–Crippen LogP) is 0.813. The second-order valence-electron chi connectivity index (χ2n) is 3.08. The van der Waals surface area contributed by atoms with Crippen LogP contribution in [-0.4, -0.2) is 22.2 Å². The van der Waals surface area contributed by atoms with Gasteiger partial charge in [0.25, 0.3) is 0 Å². The molecule has 2 rings (SSSR count). The molecule has 0 amide bonds. The van der Waals surface area contributed by atoms with Gasteiger partial charge in [-0.2, -0.15) is 0 Å². The molecule has 0 aliphatic carbocycles. The standard InChI is InChI=1S/C9H9NO3/c11-6-2-1-5-3-8(9(12)13)10-7(5)4-6/h1-2,4,8,10-11H,3H2,(H,12,13). The minimum atomic E-state index is -0.865. The number of carboxylic acids is 1. The first-order chi connectivity index (χ1) is 6.16. The molecule has 4 heteroatoms. The van der Waals surface area contributed by atoms with Crippen LogP contribution in [0.3, 0.4) is 0 Å². The Morgan fingerprint density at radius 3 is 3.00 bits per heavy atom. The topological polar surface area (TPSA) is 69.6 Å². The predicted molar refractivity (Wildman–Crippen MR) is 46.9 cm³/mol. The fourth-order valence-electron chi connectivity index (χ4n) is 1.48. The molecule has 0 bridgehead atoms. The Morgan fingerprint density at radius 1 is 1.54 bits per heavy atom. The highest BCUT2D eigenvalue weighted by Gasteiger charge is 2.25. The summed E-state index contributed by atoms with van der Waals surface area (Å²) in [6.45, 7) is 0. The number of aromatic hydroxyl groups is 1. The molecule has 0 saturated heterocycles. The summed E-state index contributed by atoms with van der Waals surface area (Å²) < 4.78 is 0. The average Bonchev–Trinajstić information content (AvgIpc) is 2.46. The van der Waals surface area contributed by atoms with Crippen molar-refractivity contribution < 1.29 is 15.0 Å². The highest BCUT2D eigenvalue weighted by atomic mass is 16.4. The van der Waals surface area contributed by atoms with Crippen LogP contribution in [0, 0.1) is 0 Å². The number of hydrogen-bond acceptors (Lipinski definition) is 3. The summed E-state index contributed by atoms with van der Waals surface area (Å²) in [7, 11) is 0. The van der Waals surface area contributed by atoms with Crippen molar-refractivity contribution in [1.29, 1.82) is 0 Å². The molecule has 4 nitrogen and oxygen atoms in total. The number of nitrogens with one attached hydrogen (secondary N) is 1. The van der Waals surface area contributed by atoms with Crippen molar-refractivity contribution in [2.75, 3.05) is 5.32 Å². The van der Waals surface area contributed by atoms with Crippen LogP contribution in [0.5, 0.6) is 5.75 Å². The second kappa shape index (κ2) is 2.65. The van der Waals surface area contributed by atoms with Crippen molar-refractivity contribution in [3.8, 4) is 5.75 Å². The van der Waals surface area contributed by atoms with Gasteiger partial charge in [0.2, 0.25) is 0 Å². The molecule has 1 aromatic carbocycles. The van der Waals surface area contributed by atoms with Crippen molar-refractivity contribution in [3.63, 3.8) is 0 Å². The fraction of sp³-hybridized carbons (Fsp3) is 0.222. The van der Waals surface area contributed by atoms with Gasteiger partial charge in [0.05, 0.1) is 0 Å². The van der Waals surface area contributed by atoms with E-state index in [1.54, 1.807) is 12.1 Å². The number of carboxylic acid groups (broad SMARTS) is 1. The summed E-state index contributed by atoms with van der Waals surface area (Å²) in [4.78, 5) is 10.6. The van der Waals surface area contributed by atoms with E-state index in [0.29, 0.717) is 12.1 Å². The zero-order valence-corrected chi connectivity index (χ0v) is 6.82. The first kappa shape index (κ1) is 7.91. The maximum Gasteiger partial charge on any atom is 0.326 e. The van der Waals surface area contributed by atoms with E-state index in [1.807, 2.05) is 0 Å². The monoisotopic (exact) mass is 179 g/mol. The van der Waals surface area contributed by atoms with E-state index in [9.17, 15) is 4.79 Å². The normalized spacial score (nSPS) is 19.2. The molecule has 0 aromatic heterocycles. The molecule has 1 aliphatic rings. The average molecular weight is 179 g/mol. The summed E-state index contributed by atoms with van der Waals surface area (Å²) in [6.07, 6.45) is 0.477. The molecule has 13 heavy (non-hydrogen) atoms. The Hall–Kier alpha value is -1.71. The number of hydrogen-bond donors (Lipinski definition) is 3. The number of anilines is 1. The van der Waals surface area contributed by atoms with Gasteiger partial charge in [-0.15, -0.1) is 0 Å². The van der Waals surface area contributed by atoms with Gasteiger partial charge >= 0.3 is 5.97 Å². The van der Waals surface area contributed by atoms with Gasteiger partial charge < -0.3 is 15.5 Å². The highest BCUT2D eigenvalue weighted by molar-refractivity contribution is 5.81. The van der Waals surface area contributed by atoms with Gasteiger partial charge in [0.1, 0.15) is 11.8 Å². The van der Waals surface area contributed by atoms with Crippen LogP contribution >= 0.6 is 0 Å². The first-order valence-corrected chi connectivity index (χ1v) is 3.98. The highest BCUT2D eigenvalue weighted by Crippen LogP contribution is 2.29. The van der Waals surface area contributed by atoms with Crippen LogP contribution in [0.1, 0.15) is 5.56 Å². The van der Waals surface area contributed by atoms with Crippen molar-refractivity contribution in [1.82, 2.24) is 0 Å². The number of benzene rings is 1. The Morgan fingerprint density at radius 2 is 2.31 bits per heavy atom. The molecular formula is C9H9NO3. The maximum absolute atomic E-state index is 10.6. The summed E-state index contributed by atoms with van der Waals surface area (Å²) in [6, 6.07) is 4.28. The number of rotatable bonds is 1. The molecule has 0 radical (unpaired) electrons. The summed E-state index contributed by atoms with van der Waals surface area (Å²) in [5.74, 6) is -0.715. The molecule has 1 atom stereocenters.